The first-order valence-corrected chi connectivity index (χ1v) is 7.84. The topological polar surface area (TPSA) is 120 Å². The van der Waals surface area contributed by atoms with E-state index in [-0.39, 0.29) is 11.7 Å². The van der Waals surface area contributed by atoms with Gasteiger partial charge in [-0.25, -0.2) is 9.78 Å². The van der Waals surface area contributed by atoms with Crippen molar-refractivity contribution in [2.75, 3.05) is 6.54 Å². The van der Waals surface area contributed by atoms with Crippen LogP contribution in [-0.4, -0.2) is 56.1 Å². The standard InChI is InChI=1S/C15H23N5O4/c1-15(2,3)24-14(22)20-9-5-4-6-10(20)11(19-23)18-13(21)12-16-7-8-17-12/h7-8,10,23H,4-6,9H2,1-3H3,(H,16,17)(H,18,19,21). The lowest BCUT2D eigenvalue weighted by molar-refractivity contribution is 0.0161. The van der Waals surface area contributed by atoms with E-state index in [2.05, 4.69) is 20.4 Å². The fourth-order valence-corrected chi connectivity index (χ4v) is 2.49. The molecule has 2 amide bonds. The highest BCUT2D eigenvalue weighted by molar-refractivity contribution is 6.06. The van der Waals surface area contributed by atoms with E-state index in [1.807, 2.05) is 0 Å². The fourth-order valence-electron chi connectivity index (χ4n) is 2.49. The molecule has 9 heteroatoms. The number of oxime groups is 1. The van der Waals surface area contributed by atoms with Crippen molar-refractivity contribution in [3.05, 3.63) is 18.2 Å². The Bertz CT molecular complexity index is 606. The van der Waals surface area contributed by atoms with E-state index in [1.165, 1.54) is 17.3 Å². The molecule has 0 saturated carbocycles. The van der Waals surface area contributed by atoms with Crippen molar-refractivity contribution in [2.24, 2.45) is 5.16 Å². The predicted molar refractivity (Wildman–Crippen MR) is 85.9 cm³/mol. The van der Waals surface area contributed by atoms with Gasteiger partial charge in [0.25, 0.3) is 5.91 Å². The van der Waals surface area contributed by atoms with Crippen LogP contribution < -0.4 is 5.32 Å². The van der Waals surface area contributed by atoms with Gasteiger partial charge in [-0.2, -0.15) is 0 Å². The van der Waals surface area contributed by atoms with Gasteiger partial charge in [-0.1, -0.05) is 5.16 Å². The molecule has 1 aliphatic heterocycles. The van der Waals surface area contributed by atoms with Gasteiger partial charge in [0, 0.05) is 18.9 Å². The largest absolute Gasteiger partial charge is 0.444 e. The zero-order chi connectivity index (χ0) is 17.7. The molecule has 132 valence electrons. The Labute approximate surface area is 140 Å². The Morgan fingerprint density at radius 1 is 1.46 bits per heavy atom. The molecule has 1 unspecified atom stereocenters. The van der Waals surface area contributed by atoms with Gasteiger partial charge in [0.2, 0.25) is 0 Å². The third-order valence-corrected chi connectivity index (χ3v) is 3.51. The molecule has 1 saturated heterocycles. The van der Waals surface area contributed by atoms with Gasteiger partial charge in [0.05, 0.1) is 6.04 Å². The second-order valence-electron chi connectivity index (χ2n) is 6.56. The summed E-state index contributed by atoms with van der Waals surface area (Å²) in [4.78, 5) is 32.5. The summed E-state index contributed by atoms with van der Waals surface area (Å²) in [6.45, 7) is 5.81. The number of amidine groups is 1. The Hall–Kier alpha value is -2.58. The van der Waals surface area contributed by atoms with Gasteiger partial charge in [-0.3, -0.25) is 9.69 Å². The van der Waals surface area contributed by atoms with Crippen molar-refractivity contribution in [2.45, 2.75) is 51.7 Å². The molecular formula is C15H23N5O4. The minimum absolute atomic E-state index is 0.00181. The Balaban J connectivity index is 2.12. The highest BCUT2D eigenvalue weighted by Gasteiger charge is 2.35. The molecule has 3 N–H and O–H groups in total. The molecule has 1 atom stereocenters. The normalized spacial score (nSPS) is 19.0. The number of piperidine rings is 1. The maximum atomic E-state index is 12.4. The summed E-state index contributed by atoms with van der Waals surface area (Å²) in [7, 11) is 0. The summed E-state index contributed by atoms with van der Waals surface area (Å²) in [6, 6.07) is -0.558. The second-order valence-corrected chi connectivity index (χ2v) is 6.56. The van der Waals surface area contributed by atoms with Crippen molar-refractivity contribution in [1.29, 1.82) is 0 Å². The summed E-state index contributed by atoms with van der Waals surface area (Å²) in [6.07, 6.45) is 4.69. The number of hydrogen-bond donors (Lipinski definition) is 3. The molecule has 1 fully saturated rings. The third-order valence-electron chi connectivity index (χ3n) is 3.51. The lowest BCUT2D eigenvalue weighted by Crippen LogP contribution is -2.54. The molecule has 0 aromatic carbocycles. The van der Waals surface area contributed by atoms with E-state index >= 15 is 0 Å². The van der Waals surface area contributed by atoms with Crippen LogP contribution in [-0.2, 0) is 4.74 Å². The molecule has 2 heterocycles. The maximum Gasteiger partial charge on any atom is 0.410 e. The molecular weight excluding hydrogens is 314 g/mol. The van der Waals surface area contributed by atoms with Crippen molar-refractivity contribution in [3.63, 3.8) is 0 Å². The smallest absolute Gasteiger partial charge is 0.410 e. The van der Waals surface area contributed by atoms with E-state index in [0.717, 1.165) is 12.8 Å². The van der Waals surface area contributed by atoms with Gasteiger partial charge in [-0.05, 0) is 40.0 Å². The number of ether oxygens (including phenoxy) is 1. The first kappa shape index (κ1) is 17.8. The number of H-pyrrole nitrogens is 1. The van der Waals surface area contributed by atoms with Crippen LogP contribution in [0.1, 0.15) is 50.7 Å². The zero-order valence-electron chi connectivity index (χ0n) is 14.1. The first-order chi connectivity index (χ1) is 11.3. The minimum Gasteiger partial charge on any atom is -0.444 e. The number of nitrogens with one attached hydrogen (secondary N) is 2. The summed E-state index contributed by atoms with van der Waals surface area (Å²) in [5.41, 5.74) is -0.632. The molecule has 0 radical (unpaired) electrons. The van der Waals surface area contributed by atoms with Crippen molar-refractivity contribution >= 4 is 17.8 Å². The first-order valence-electron chi connectivity index (χ1n) is 7.84. The van der Waals surface area contributed by atoms with Crippen LogP contribution in [0, 0.1) is 0 Å². The van der Waals surface area contributed by atoms with Crippen LogP contribution >= 0.6 is 0 Å². The number of aromatic amines is 1. The highest BCUT2D eigenvalue weighted by Crippen LogP contribution is 2.21. The summed E-state index contributed by atoms with van der Waals surface area (Å²) < 4.78 is 5.40. The molecule has 0 aliphatic carbocycles. The van der Waals surface area contributed by atoms with Crippen LogP contribution in [0.15, 0.2) is 17.5 Å². The minimum atomic E-state index is -0.632. The monoisotopic (exact) mass is 337 g/mol. The zero-order valence-corrected chi connectivity index (χ0v) is 14.1. The van der Waals surface area contributed by atoms with Crippen LogP contribution in [0.3, 0.4) is 0 Å². The lowest BCUT2D eigenvalue weighted by Gasteiger charge is -2.36. The number of nitrogens with zero attached hydrogens (tertiary/aromatic N) is 3. The van der Waals surface area contributed by atoms with Gasteiger partial charge in [-0.15, -0.1) is 0 Å². The summed E-state index contributed by atoms with van der Waals surface area (Å²) >= 11 is 0. The molecule has 1 aromatic heterocycles. The van der Waals surface area contributed by atoms with E-state index < -0.39 is 23.6 Å². The van der Waals surface area contributed by atoms with E-state index in [1.54, 1.807) is 20.8 Å². The van der Waals surface area contributed by atoms with E-state index in [9.17, 15) is 14.8 Å². The molecule has 1 aliphatic rings. The van der Waals surface area contributed by atoms with Crippen molar-refractivity contribution in [3.8, 4) is 0 Å². The maximum absolute atomic E-state index is 12.4. The van der Waals surface area contributed by atoms with Gasteiger partial charge >= 0.3 is 6.09 Å². The Kier molecular flexibility index (Phi) is 5.42. The van der Waals surface area contributed by atoms with Gasteiger partial charge in [0.15, 0.2) is 11.7 Å². The number of amides is 2. The Morgan fingerprint density at radius 2 is 2.21 bits per heavy atom. The predicted octanol–water partition coefficient (Wildman–Crippen LogP) is 1.72. The molecule has 24 heavy (non-hydrogen) atoms. The number of hydrogen-bond acceptors (Lipinski definition) is 6. The van der Waals surface area contributed by atoms with Crippen LogP contribution in [0.5, 0.6) is 0 Å². The molecule has 9 nitrogen and oxygen atoms in total. The lowest BCUT2D eigenvalue weighted by atomic mass is 10.0. The number of carbonyl (C=O) groups is 2. The van der Waals surface area contributed by atoms with E-state index in [0.29, 0.717) is 13.0 Å². The average molecular weight is 337 g/mol. The van der Waals surface area contributed by atoms with Gasteiger partial charge in [0.1, 0.15) is 5.60 Å². The number of rotatable bonds is 2. The van der Waals surface area contributed by atoms with Crippen molar-refractivity contribution < 1.29 is 19.5 Å². The van der Waals surface area contributed by atoms with Crippen molar-refractivity contribution in [1.82, 2.24) is 20.2 Å². The van der Waals surface area contributed by atoms with Gasteiger partial charge < -0.3 is 20.2 Å². The quantitative estimate of drug-likeness (QED) is 0.328. The number of carbonyl (C=O) groups excluding carboxylic acids is 2. The van der Waals surface area contributed by atoms with E-state index in [4.69, 9.17) is 4.74 Å². The molecule has 2 rings (SSSR count). The average Bonchev–Trinajstić information content (AvgIpc) is 3.05. The number of aromatic nitrogens is 2. The van der Waals surface area contributed by atoms with Crippen LogP contribution in [0.25, 0.3) is 0 Å². The molecule has 1 aromatic rings. The number of imidazole rings is 1. The highest BCUT2D eigenvalue weighted by atomic mass is 16.6. The Morgan fingerprint density at radius 3 is 2.79 bits per heavy atom. The molecule has 0 bridgehead atoms. The summed E-state index contributed by atoms with van der Waals surface area (Å²) in [5, 5.41) is 15.0. The summed E-state index contributed by atoms with van der Waals surface area (Å²) in [5.74, 6) is -0.444. The fraction of sp³-hybridized carbons (Fsp3) is 0.600. The second kappa shape index (κ2) is 7.33. The van der Waals surface area contributed by atoms with Crippen LogP contribution in [0.4, 0.5) is 4.79 Å². The number of likely N-dealkylation sites (tertiary alicyclic amines) is 1. The van der Waals surface area contributed by atoms with Crippen LogP contribution in [0.2, 0.25) is 0 Å². The SMILES string of the molecule is CC(C)(C)OC(=O)N1CCCCC1C(=NO)NC(=O)c1ncc[nH]1. The molecule has 0 spiro atoms. The third kappa shape index (κ3) is 4.46.